The second-order valence-corrected chi connectivity index (χ2v) is 8.32. The van der Waals surface area contributed by atoms with Gasteiger partial charge in [-0.1, -0.05) is 116 Å². The minimum atomic E-state index is -0.141. The van der Waals surface area contributed by atoms with Crippen molar-refractivity contribution >= 4 is 0 Å². The van der Waals surface area contributed by atoms with Crippen molar-refractivity contribution in [1.29, 1.82) is 0 Å². The van der Waals surface area contributed by atoms with E-state index in [-0.39, 0.29) is 12.7 Å². The fourth-order valence-corrected chi connectivity index (χ4v) is 3.74. The van der Waals surface area contributed by atoms with E-state index >= 15 is 0 Å². The van der Waals surface area contributed by atoms with E-state index < -0.39 is 0 Å². The lowest BCUT2D eigenvalue weighted by molar-refractivity contribution is 0.144. The van der Waals surface area contributed by atoms with Crippen molar-refractivity contribution in [2.45, 2.75) is 148 Å². The van der Waals surface area contributed by atoms with Crippen LogP contribution in [0.25, 0.3) is 0 Å². The zero-order valence-electron chi connectivity index (χ0n) is 18.0. The Morgan fingerprint density at radius 2 is 0.769 bits per heavy atom. The molecular weight excluding hydrogens is 320 g/mol. The lowest BCUT2D eigenvalue weighted by Gasteiger charge is -2.09. The quantitative estimate of drug-likeness (QED) is 0.193. The molecule has 0 aliphatic rings. The maximum atomic E-state index is 9.82. The number of aliphatic hydroxyl groups is 2. The van der Waals surface area contributed by atoms with E-state index in [0.717, 1.165) is 25.7 Å². The van der Waals surface area contributed by atoms with Gasteiger partial charge in [0, 0.05) is 6.61 Å². The summed E-state index contributed by atoms with van der Waals surface area (Å²) in [6, 6.07) is 0. The zero-order valence-corrected chi connectivity index (χ0v) is 18.0. The summed E-state index contributed by atoms with van der Waals surface area (Å²) in [4.78, 5) is 0. The van der Waals surface area contributed by atoms with Crippen molar-refractivity contribution in [3.63, 3.8) is 0 Å². The van der Waals surface area contributed by atoms with Gasteiger partial charge in [0.2, 0.25) is 0 Å². The highest BCUT2D eigenvalue weighted by Crippen LogP contribution is 2.15. The maximum absolute atomic E-state index is 9.82. The van der Waals surface area contributed by atoms with Crippen molar-refractivity contribution in [3.05, 3.63) is 0 Å². The van der Waals surface area contributed by atoms with Gasteiger partial charge >= 0.3 is 0 Å². The first-order chi connectivity index (χ1) is 12.8. The molecule has 0 aromatic heterocycles. The molecule has 0 bridgehead atoms. The van der Waals surface area contributed by atoms with Crippen LogP contribution in [0.3, 0.4) is 0 Å². The van der Waals surface area contributed by atoms with E-state index in [1.807, 2.05) is 0 Å². The van der Waals surface area contributed by atoms with Crippen LogP contribution in [0.4, 0.5) is 0 Å². The molecule has 0 amide bonds. The van der Waals surface area contributed by atoms with E-state index in [0.29, 0.717) is 0 Å². The Morgan fingerprint density at radius 3 is 1.12 bits per heavy atom. The molecule has 2 heteroatoms. The summed E-state index contributed by atoms with van der Waals surface area (Å²) in [7, 11) is 0. The number of unbranched alkanes of at least 4 members (excludes halogenated alkanes) is 17. The van der Waals surface area contributed by atoms with E-state index in [1.54, 1.807) is 0 Å². The molecule has 1 atom stereocenters. The number of hydrogen-bond acceptors (Lipinski definition) is 2. The van der Waals surface area contributed by atoms with E-state index in [9.17, 15) is 5.11 Å². The average molecular weight is 371 g/mol. The summed E-state index contributed by atoms with van der Waals surface area (Å²) >= 11 is 0. The maximum Gasteiger partial charge on any atom is 0.0540 e. The SMILES string of the molecule is CCCCCCCCCCCCCCCCCCCC(O)CCCCO. The zero-order chi connectivity index (χ0) is 19.1. The summed E-state index contributed by atoms with van der Waals surface area (Å²) in [6.45, 7) is 2.54. The summed E-state index contributed by atoms with van der Waals surface area (Å²) in [5.41, 5.74) is 0. The molecule has 0 saturated heterocycles. The van der Waals surface area contributed by atoms with Gasteiger partial charge in [-0.05, 0) is 25.7 Å². The van der Waals surface area contributed by atoms with E-state index in [4.69, 9.17) is 5.11 Å². The Balaban J connectivity index is 3.05. The van der Waals surface area contributed by atoms with Crippen LogP contribution >= 0.6 is 0 Å². The first-order valence-corrected chi connectivity index (χ1v) is 12.1. The first-order valence-electron chi connectivity index (χ1n) is 12.1. The van der Waals surface area contributed by atoms with Crippen molar-refractivity contribution in [3.8, 4) is 0 Å². The highest BCUT2D eigenvalue weighted by atomic mass is 16.3. The summed E-state index contributed by atoms with van der Waals surface area (Å²) in [5.74, 6) is 0. The predicted molar refractivity (Wildman–Crippen MR) is 116 cm³/mol. The van der Waals surface area contributed by atoms with Gasteiger partial charge in [0.1, 0.15) is 0 Å². The minimum absolute atomic E-state index is 0.141. The van der Waals surface area contributed by atoms with Crippen molar-refractivity contribution in [2.24, 2.45) is 0 Å². The van der Waals surface area contributed by atoms with Crippen LogP contribution in [0.15, 0.2) is 0 Å². The van der Waals surface area contributed by atoms with Gasteiger partial charge in [-0.3, -0.25) is 0 Å². The average Bonchev–Trinajstić information content (AvgIpc) is 2.64. The molecule has 2 nitrogen and oxygen atoms in total. The van der Waals surface area contributed by atoms with Crippen LogP contribution < -0.4 is 0 Å². The van der Waals surface area contributed by atoms with Crippen molar-refractivity contribution in [2.75, 3.05) is 6.61 Å². The molecule has 0 aliphatic carbocycles. The molecule has 0 rings (SSSR count). The molecule has 0 fully saturated rings. The van der Waals surface area contributed by atoms with Gasteiger partial charge in [0.05, 0.1) is 6.10 Å². The monoisotopic (exact) mass is 370 g/mol. The second kappa shape index (κ2) is 23.0. The van der Waals surface area contributed by atoms with Crippen LogP contribution in [0.5, 0.6) is 0 Å². The molecule has 26 heavy (non-hydrogen) atoms. The Kier molecular flexibility index (Phi) is 22.9. The van der Waals surface area contributed by atoms with Gasteiger partial charge in [0.25, 0.3) is 0 Å². The number of hydrogen-bond donors (Lipinski definition) is 2. The Labute approximate surface area is 165 Å². The molecule has 0 radical (unpaired) electrons. The smallest absolute Gasteiger partial charge is 0.0540 e. The molecule has 1 unspecified atom stereocenters. The highest BCUT2D eigenvalue weighted by Gasteiger charge is 2.03. The summed E-state index contributed by atoms with van der Waals surface area (Å²) in [5, 5.41) is 18.5. The molecule has 0 aromatic carbocycles. The van der Waals surface area contributed by atoms with E-state index in [1.165, 1.54) is 109 Å². The first kappa shape index (κ1) is 25.9. The molecule has 0 heterocycles. The van der Waals surface area contributed by atoms with Crippen LogP contribution in [-0.4, -0.2) is 22.9 Å². The standard InChI is InChI=1S/C24H50O2/c1-2-3-4-5-6-7-8-9-10-11-12-13-14-15-16-17-18-21-24(26)22-19-20-23-25/h24-26H,2-23H2,1H3. The number of aliphatic hydroxyl groups excluding tert-OH is 2. The Morgan fingerprint density at radius 1 is 0.462 bits per heavy atom. The molecule has 0 saturated carbocycles. The third kappa shape index (κ3) is 22.0. The van der Waals surface area contributed by atoms with Crippen LogP contribution in [-0.2, 0) is 0 Å². The van der Waals surface area contributed by atoms with Gasteiger partial charge < -0.3 is 10.2 Å². The van der Waals surface area contributed by atoms with E-state index in [2.05, 4.69) is 6.92 Å². The minimum Gasteiger partial charge on any atom is -0.396 e. The molecule has 0 aliphatic heterocycles. The predicted octanol–water partition coefficient (Wildman–Crippen LogP) is 7.55. The normalized spacial score (nSPS) is 12.6. The van der Waals surface area contributed by atoms with Crippen molar-refractivity contribution in [1.82, 2.24) is 0 Å². The van der Waals surface area contributed by atoms with Crippen LogP contribution in [0, 0.1) is 0 Å². The van der Waals surface area contributed by atoms with Crippen molar-refractivity contribution < 1.29 is 10.2 Å². The molecule has 2 N–H and O–H groups in total. The lowest BCUT2D eigenvalue weighted by Crippen LogP contribution is -2.06. The van der Waals surface area contributed by atoms with Gasteiger partial charge in [0.15, 0.2) is 0 Å². The van der Waals surface area contributed by atoms with Gasteiger partial charge in [-0.25, -0.2) is 0 Å². The topological polar surface area (TPSA) is 40.5 Å². The van der Waals surface area contributed by atoms with Crippen LogP contribution in [0.2, 0.25) is 0 Å². The molecule has 0 spiro atoms. The molecular formula is C24H50O2. The van der Waals surface area contributed by atoms with Gasteiger partial charge in [-0.2, -0.15) is 0 Å². The van der Waals surface area contributed by atoms with Crippen LogP contribution in [0.1, 0.15) is 142 Å². The summed E-state index contributed by atoms with van der Waals surface area (Å²) < 4.78 is 0. The summed E-state index contributed by atoms with van der Waals surface area (Å²) in [6.07, 6.45) is 27.2. The fourth-order valence-electron chi connectivity index (χ4n) is 3.74. The lowest BCUT2D eigenvalue weighted by atomic mass is 10.0. The Hall–Kier alpha value is -0.0800. The highest BCUT2D eigenvalue weighted by molar-refractivity contribution is 4.57. The number of rotatable bonds is 22. The second-order valence-electron chi connectivity index (χ2n) is 8.32. The third-order valence-corrected chi connectivity index (χ3v) is 5.59. The molecule has 0 aromatic rings. The van der Waals surface area contributed by atoms with Gasteiger partial charge in [-0.15, -0.1) is 0 Å². The Bertz CT molecular complexity index is 242. The third-order valence-electron chi connectivity index (χ3n) is 5.59. The fraction of sp³-hybridized carbons (Fsp3) is 1.00. The molecule has 158 valence electrons. The largest absolute Gasteiger partial charge is 0.396 e.